The molecule has 6 heteroatoms. The van der Waals surface area contributed by atoms with E-state index in [0.717, 1.165) is 18.7 Å². The number of thiophene rings is 1. The largest absolute Gasteiger partial charge is 0.348 e. The zero-order chi connectivity index (χ0) is 19.8. The zero-order valence-corrected chi connectivity index (χ0v) is 16.5. The van der Waals surface area contributed by atoms with Gasteiger partial charge in [0.25, 0.3) is 11.8 Å². The van der Waals surface area contributed by atoms with Gasteiger partial charge in [-0.3, -0.25) is 9.59 Å². The fraction of sp³-hybridized carbons (Fsp3) is 0.182. The lowest BCUT2D eigenvalue weighted by Crippen LogP contribution is -2.23. The van der Waals surface area contributed by atoms with Crippen molar-refractivity contribution in [1.29, 1.82) is 0 Å². The second-order valence-electron chi connectivity index (χ2n) is 6.29. The Morgan fingerprint density at radius 1 is 0.893 bits per heavy atom. The number of carbonyl (C=O) groups is 2. The first-order valence-corrected chi connectivity index (χ1v) is 10.1. The number of carbonyl (C=O) groups excluding carboxylic acids is 2. The summed E-state index contributed by atoms with van der Waals surface area (Å²) in [4.78, 5) is 25.2. The maximum atomic E-state index is 12.5. The standard InChI is InChI=1S/C22H23N3O2S/c1-2-23-14-16-8-10-17(11-9-16)15-24-21(26)18-5-3-6-19(13-18)25-22(27)20-7-4-12-28-20/h3-13,23H,2,14-15H2,1H3,(H,24,26)(H,25,27). The molecule has 0 saturated heterocycles. The van der Waals surface area contributed by atoms with Crippen molar-refractivity contribution in [3.8, 4) is 0 Å². The zero-order valence-electron chi connectivity index (χ0n) is 15.7. The second kappa shape index (κ2) is 9.82. The van der Waals surface area contributed by atoms with Crippen LogP contribution in [-0.4, -0.2) is 18.4 Å². The van der Waals surface area contributed by atoms with Crippen LogP contribution in [0.25, 0.3) is 0 Å². The number of amides is 2. The van der Waals surface area contributed by atoms with Gasteiger partial charge >= 0.3 is 0 Å². The third kappa shape index (κ3) is 5.52. The summed E-state index contributed by atoms with van der Waals surface area (Å²) in [6.07, 6.45) is 0. The van der Waals surface area contributed by atoms with Gasteiger partial charge in [0.15, 0.2) is 0 Å². The van der Waals surface area contributed by atoms with Gasteiger partial charge in [-0.1, -0.05) is 43.3 Å². The molecule has 3 N–H and O–H groups in total. The number of benzene rings is 2. The number of hydrogen-bond donors (Lipinski definition) is 3. The van der Waals surface area contributed by atoms with Crippen LogP contribution in [0.3, 0.4) is 0 Å². The fourth-order valence-electron chi connectivity index (χ4n) is 2.67. The Balaban J connectivity index is 1.56. The molecule has 0 spiro atoms. The van der Waals surface area contributed by atoms with Crippen LogP contribution >= 0.6 is 11.3 Å². The molecule has 2 aromatic carbocycles. The summed E-state index contributed by atoms with van der Waals surface area (Å²) >= 11 is 1.38. The molecule has 0 aliphatic heterocycles. The molecule has 3 rings (SSSR count). The molecule has 144 valence electrons. The maximum Gasteiger partial charge on any atom is 0.265 e. The molecule has 0 atom stereocenters. The molecule has 0 radical (unpaired) electrons. The van der Waals surface area contributed by atoms with E-state index in [2.05, 4.69) is 35.0 Å². The van der Waals surface area contributed by atoms with Crippen molar-refractivity contribution in [2.45, 2.75) is 20.0 Å². The number of anilines is 1. The Hall–Kier alpha value is -2.96. The number of rotatable bonds is 8. The molecule has 3 aromatic rings. The normalized spacial score (nSPS) is 10.5. The van der Waals surface area contributed by atoms with Crippen molar-refractivity contribution in [3.05, 3.63) is 87.6 Å². The average molecular weight is 394 g/mol. The summed E-state index contributed by atoms with van der Waals surface area (Å²) in [6.45, 7) is 4.30. The van der Waals surface area contributed by atoms with Crippen LogP contribution in [0.1, 0.15) is 38.1 Å². The minimum atomic E-state index is -0.177. The predicted octanol–water partition coefficient (Wildman–Crippen LogP) is 4.04. The van der Waals surface area contributed by atoms with Gasteiger partial charge in [-0.15, -0.1) is 11.3 Å². The van der Waals surface area contributed by atoms with Crippen LogP contribution in [0.15, 0.2) is 66.0 Å². The Kier molecular flexibility index (Phi) is 6.94. The monoisotopic (exact) mass is 393 g/mol. The highest BCUT2D eigenvalue weighted by atomic mass is 32.1. The van der Waals surface area contributed by atoms with Gasteiger partial charge in [-0.2, -0.15) is 0 Å². The molecule has 0 bridgehead atoms. The van der Waals surface area contributed by atoms with E-state index in [-0.39, 0.29) is 11.8 Å². The van der Waals surface area contributed by atoms with Gasteiger partial charge < -0.3 is 16.0 Å². The summed E-state index contributed by atoms with van der Waals surface area (Å²) in [5.74, 6) is -0.353. The Bertz CT molecular complexity index is 921. The molecule has 1 heterocycles. The lowest BCUT2D eigenvalue weighted by Gasteiger charge is -2.09. The lowest BCUT2D eigenvalue weighted by molar-refractivity contribution is 0.0949. The van der Waals surface area contributed by atoms with E-state index in [1.54, 1.807) is 30.3 Å². The van der Waals surface area contributed by atoms with Crippen LogP contribution in [0.5, 0.6) is 0 Å². The second-order valence-corrected chi connectivity index (χ2v) is 7.24. The number of nitrogens with one attached hydrogen (secondary N) is 3. The Morgan fingerprint density at radius 3 is 2.32 bits per heavy atom. The van der Waals surface area contributed by atoms with Crippen LogP contribution < -0.4 is 16.0 Å². The Morgan fingerprint density at radius 2 is 1.64 bits per heavy atom. The van der Waals surface area contributed by atoms with Gasteiger partial charge in [0.2, 0.25) is 0 Å². The van der Waals surface area contributed by atoms with Crippen molar-refractivity contribution < 1.29 is 9.59 Å². The van der Waals surface area contributed by atoms with Crippen LogP contribution in [0.4, 0.5) is 5.69 Å². The number of hydrogen-bond acceptors (Lipinski definition) is 4. The van der Waals surface area contributed by atoms with Crippen molar-refractivity contribution in [2.24, 2.45) is 0 Å². The first-order chi connectivity index (χ1) is 13.7. The third-order valence-corrected chi connectivity index (χ3v) is 5.05. The quantitative estimate of drug-likeness (QED) is 0.541. The van der Waals surface area contributed by atoms with E-state index in [1.807, 2.05) is 23.6 Å². The molecule has 0 aliphatic carbocycles. The highest BCUT2D eigenvalue weighted by molar-refractivity contribution is 7.12. The molecule has 0 unspecified atom stereocenters. The minimum absolute atomic E-state index is 0.176. The first-order valence-electron chi connectivity index (χ1n) is 9.17. The highest BCUT2D eigenvalue weighted by Crippen LogP contribution is 2.15. The van der Waals surface area contributed by atoms with Crippen LogP contribution in [0.2, 0.25) is 0 Å². The van der Waals surface area contributed by atoms with E-state index in [4.69, 9.17) is 0 Å². The van der Waals surface area contributed by atoms with Crippen molar-refractivity contribution >= 4 is 28.8 Å². The summed E-state index contributed by atoms with van der Waals surface area (Å²) in [5.41, 5.74) is 3.36. The Labute approximate surface area is 168 Å². The van der Waals surface area contributed by atoms with E-state index < -0.39 is 0 Å². The maximum absolute atomic E-state index is 12.5. The SMILES string of the molecule is CCNCc1ccc(CNC(=O)c2cccc(NC(=O)c3cccs3)c2)cc1. The predicted molar refractivity (Wildman–Crippen MR) is 114 cm³/mol. The average Bonchev–Trinajstić information content (AvgIpc) is 3.26. The minimum Gasteiger partial charge on any atom is -0.348 e. The summed E-state index contributed by atoms with van der Waals surface area (Å²) in [5, 5.41) is 10.9. The molecule has 0 fully saturated rings. The van der Waals surface area contributed by atoms with Gasteiger partial charge in [-0.05, 0) is 47.3 Å². The molecule has 2 amide bonds. The summed E-state index contributed by atoms with van der Waals surface area (Å²) < 4.78 is 0. The molecular formula is C22H23N3O2S. The summed E-state index contributed by atoms with van der Waals surface area (Å²) in [7, 11) is 0. The van der Waals surface area contributed by atoms with Crippen molar-refractivity contribution in [2.75, 3.05) is 11.9 Å². The molecular weight excluding hydrogens is 370 g/mol. The topological polar surface area (TPSA) is 70.2 Å². The fourth-order valence-corrected chi connectivity index (χ4v) is 3.29. The van der Waals surface area contributed by atoms with E-state index >= 15 is 0 Å². The van der Waals surface area contributed by atoms with Crippen molar-refractivity contribution in [1.82, 2.24) is 10.6 Å². The van der Waals surface area contributed by atoms with Gasteiger partial charge in [0, 0.05) is 24.3 Å². The van der Waals surface area contributed by atoms with Gasteiger partial charge in [0.05, 0.1) is 4.88 Å². The third-order valence-electron chi connectivity index (χ3n) is 4.18. The van der Waals surface area contributed by atoms with E-state index in [1.165, 1.54) is 16.9 Å². The van der Waals surface area contributed by atoms with Crippen LogP contribution in [0, 0.1) is 0 Å². The lowest BCUT2D eigenvalue weighted by atomic mass is 10.1. The molecule has 5 nitrogen and oxygen atoms in total. The summed E-state index contributed by atoms with van der Waals surface area (Å²) in [6, 6.07) is 18.7. The molecule has 28 heavy (non-hydrogen) atoms. The molecule has 0 aliphatic rings. The first kappa shape index (κ1) is 19.8. The van der Waals surface area contributed by atoms with Gasteiger partial charge in [0.1, 0.15) is 0 Å². The van der Waals surface area contributed by atoms with Crippen LogP contribution in [-0.2, 0) is 13.1 Å². The van der Waals surface area contributed by atoms with E-state index in [0.29, 0.717) is 22.7 Å². The van der Waals surface area contributed by atoms with Gasteiger partial charge in [-0.25, -0.2) is 0 Å². The smallest absolute Gasteiger partial charge is 0.265 e. The molecule has 1 aromatic heterocycles. The molecule has 0 saturated carbocycles. The van der Waals surface area contributed by atoms with E-state index in [9.17, 15) is 9.59 Å². The highest BCUT2D eigenvalue weighted by Gasteiger charge is 2.10. The van der Waals surface area contributed by atoms with Crippen molar-refractivity contribution in [3.63, 3.8) is 0 Å².